The normalized spacial score (nSPS) is 25.1. The van der Waals surface area contributed by atoms with Crippen molar-refractivity contribution in [2.24, 2.45) is 0 Å². The SMILES string of the molecule is CC(=O)Nc1ccn(C2O[C@H](CO[P@@](=O)(N[C@H]3CCOC3=O)Oc3ccccc3)[C@@H](OC(C)=O)C2(F)F)c(=O)n1. The third-order valence-corrected chi connectivity index (χ3v) is 7.22. The molecule has 2 N–H and O–H groups in total. The second-order valence-corrected chi connectivity index (χ2v) is 10.4. The van der Waals surface area contributed by atoms with E-state index in [0.717, 1.165) is 19.2 Å². The molecule has 0 bridgehead atoms. The summed E-state index contributed by atoms with van der Waals surface area (Å²) < 4.78 is 71.1. The second-order valence-electron chi connectivity index (χ2n) is 8.75. The van der Waals surface area contributed by atoms with E-state index in [-0.39, 0.29) is 24.6 Å². The molecule has 0 radical (unpaired) electrons. The molecule has 0 aliphatic carbocycles. The first-order chi connectivity index (χ1) is 18.9. The predicted molar refractivity (Wildman–Crippen MR) is 130 cm³/mol. The summed E-state index contributed by atoms with van der Waals surface area (Å²) in [6, 6.07) is 7.75. The van der Waals surface area contributed by atoms with E-state index in [1.54, 1.807) is 18.2 Å². The van der Waals surface area contributed by atoms with E-state index in [1.807, 2.05) is 0 Å². The Bertz CT molecular complexity index is 1370. The zero-order valence-corrected chi connectivity index (χ0v) is 22.0. The smallest absolute Gasteiger partial charge is 0.459 e. The fourth-order valence-electron chi connectivity index (χ4n) is 3.95. The van der Waals surface area contributed by atoms with Gasteiger partial charge in [-0.05, 0) is 18.2 Å². The van der Waals surface area contributed by atoms with Crippen LogP contribution < -0.4 is 20.6 Å². The summed E-state index contributed by atoms with van der Waals surface area (Å²) in [4.78, 5) is 50.9. The van der Waals surface area contributed by atoms with Crippen LogP contribution in [0.25, 0.3) is 0 Å². The van der Waals surface area contributed by atoms with Crippen LogP contribution in [0.2, 0.25) is 0 Å². The van der Waals surface area contributed by atoms with E-state index >= 15 is 8.78 Å². The Balaban J connectivity index is 1.59. The van der Waals surface area contributed by atoms with Gasteiger partial charge in [0.25, 0.3) is 0 Å². The van der Waals surface area contributed by atoms with Gasteiger partial charge in [-0.2, -0.15) is 18.9 Å². The van der Waals surface area contributed by atoms with Gasteiger partial charge in [0.2, 0.25) is 12.1 Å². The maximum atomic E-state index is 15.5. The minimum Gasteiger partial charge on any atom is -0.464 e. The van der Waals surface area contributed by atoms with Crippen molar-refractivity contribution in [1.29, 1.82) is 0 Å². The highest BCUT2D eigenvalue weighted by atomic mass is 31.2. The minimum atomic E-state index is -4.44. The molecule has 0 spiro atoms. The Morgan fingerprint density at radius 3 is 2.52 bits per heavy atom. The van der Waals surface area contributed by atoms with Crippen LogP contribution in [0.1, 0.15) is 26.5 Å². The highest BCUT2D eigenvalue weighted by Crippen LogP contribution is 2.49. The summed E-state index contributed by atoms with van der Waals surface area (Å²) in [5.74, 6) is -6.43. The zero-order valence-electron chi connectivity index (χ0n) is 21.2. The van der Waals surface area contributed by atoms with Gasteiger partial charge in [0.1, 0.15) is 23.7 Å². The lowest BCUT2D eigenvalue weighted by atomic mass is 10.1. The van der Waals surface area contributed by atoms with Gasteiger partial charge in [-0.1, -0.05) is 18.2 Å². The van der Waals surface area contributed by atoms with Crippen LogP contribution in [0.15, 0.2) is 47.4 Å². The molecule has 3 heterocycles. The number of nitrogens with zero attached hydrogens (tertiary/aromatic N) is 2. The van der Waals surface area contributed by atoms with E-state index in [0.29, 0.717) is 4.57 Å². The molecule has 1 aromatic heterocycles. The molecule has 4 rings (SSSR count). The molecule has 40 heavy (non-hydrogen) atoms. The highest BCUT2D eigenvalue weighted by molar-refractivity contribution is 7.52. The van der Waals surface area contributed by atoms with Crippen LogP contribution in [0, 0.1) is 0 Å². The lowest BCUT2D eigenvalue weighted by Gasteiger charge is -2.25. The molecular formula is C23H25F2N4O10P. The van der Waals surface area contributed by atoms with Gasteiger partial charge in [-0.25, -0.2) is 9.36 Å². The Kier molecular flexibility index (Phi) is 8.63. The Labute approximate surface area is 225 Å². The van der Waals surface area contributed by atoms with Crippen molar-refractivity contribution >= 4 is 31.4 Å². The van der Waals surface area contributed by atoms with Gasteiger partial charge in [0.05, 0.1) is 13.2 Å². The molecule has 2 aromatic rings. The fraction of sp³-hybridized carbons (Fsp3) is 0.435. The van der Waals surface area contributed by atoms with E-state index in [9.17, 15) is 23.7 Å². The number of cyclic esters (lactones) is 1. The number of ether oxygens (including phenoxy) is 3. The molecule has 216 valence electrons. The summed E-state index contributed by atoms with van der Waals surface area (Å²) in [6.07, 6.45) is -5.28. The number of anilines is 1. The quantitative estimate of drug-likeness (QED) is 0.306. The average Bonchev–Trinajstić information content (AvgIpc) is 3.37. The Morgan fingerprint density at radius 2 is 1.93 bits per heavy atom. The molecule has 2 aliphatic heterocycles. The zero-order chi connectivity index (χ0) is 29.1. The van der Waals surface area contributed by atoms with Gasteiger partial charge in [-0.15, -0.1) is 0 Å². The van der Waals surface area contributed by atoms with Gasteiger partial charge < -0.3 is 24.1 Å². The van der Waals surface area contributed by atoms with Crippen molar-refractivity contribution in [3.63, 3.8) is 0 Å². The first-order valence-electron chi connectivity index (χ1n) is 11.9. The summed E-state index contributed by atoms with van der Waals surface area (Å²) in [5, 5.41) is 4.70. The number of para-hydroxylation sites is 1. The summed E-state index contributed by atoms with van der Waals surface area (Å²) >= 11 is 0. The number of esters is 2. The van der Waals surface area contributed by atoms with E-state index in [2.05, 4.69) is 15.4 Å². The first-order valence-corrected chi connectivity index (χ1v) is 13.4. The van der Waals surface area contributed by atoms with Crippen molar-refractivity contribution in [1.82, 2.24) is 14.6 Å². The number of rotatable bonds is 10. The van der Waals surface area contributed by atoms with E-state index in [4.69, 9.17) is 23.3 Å². The van der Waals surface area contributed by atoms with Gasteiger partial charge in [0.15, 0.2) is 6.10 Å². The van der Waals surface area contributed by atoms with Crippen LogP contribution in [0.5, 0.6) is 5.75 Å². The van der Waals surface area contributed by atoms with Gasteiger partial charge in [-0.3, -0.25) is 23.5 Å². The number of alkyl halides is 2. The molecule has 14 nitrogen and oxygen atoms in total. The number of hydrogen-bond acceptors (Lipinski definition) is 11. The lowest BCUT2D eigenvalue weighted by molar-refractivity contribution is -0.174. The molecule has 17 heteroatoms. The van der Waals surface area contributed by atoms with Gasteiger partial charge >= 0.3 is 31.3 Å². The summed E-state index contributed by atoms with van der Waals surface area (Å²) in [6.45, 7) is 1.24. The number of carbonyl (C=O) groups is 3. The van der Waals surface area contributed by atoms with Crippen LogP contribution in [-0.2, 0) is 37.7 Å². The number of benzene rings is 1. The Morgan fingerprint density at radius 1 is 1.20 bits per heavy atom. The molecule has 2 saturated heterocycles. The van der Waals surface area contributed by atoms with E-state index in [1.165, 1.54) is 19.1 Å². The van der Waals surface area contributed by atoms with Crippen molar-refractivity contribution in [2.45, 2.75) is 50.7 Å². The van der Waals surface area contributed by atoms with E-state index < -0.39 is 68.3 Å². The molecule has 2 aliphatic rings. The Hall–Kier alpha value is -3.72. The standard InChI is InChI=1S/C23H25F2N4O10P/c1-13(30)26-18-8-10-29(22(33)27-18)21-23(24,25)19(37-14(2)31)17(38-21)12-36-40(34,28-16-9-11-35-20(16)32)39-15-6-4-3-5-7-15/h3-8,10,16-17,19,21H,9,11-12H2,1-2H3,(H,28,34)(H,26,27,30,33)/t16-,17+,19+,21?,40-/m0/s1. The number of amides is 1. The molecule has 1 unspecified atom stereocenters. The van der Waals surface area contributed by atoms with Crippen LogP contribution >= 0.6 is 7.75 Å². The number of aromatic nitrogens is 2. The first kappa shape index (κ1) is 29.3. The molecule has 1 amide bonds. The lowest BCUT2D eigenvalue weighted by Crippen LogP contribution is -2.44. The molecule has 0 saturated carbocycles. The summed E-state index contributed by atoms with van der Waals surface area (Å²) in [5.41, 5.74) is -1.20. The monoisotopic (exact) mass is 586 g/mol. The molecular weight excluding hydrogens is 561 g/mol. The van der Waals surface area contributed by atoms with Gasteiger partial charge in [0, 0.05) is 26.5 Å². The molecule has 1 aromatic carbocycles. The predicted octanol–water partition coefficient (Wildman–Crippen LogP) is 1.77. The van der Waals surface area contributed by atoms with Crippen molar-refractivity contribution in [3.8, 4) is 5.75 Å². The van der Waals surface area contributed by atoms with Crippen LogP contribution in [0.4, 0.5) is 14.6 Å². The molecule has 2 fully saturated rings. The maximum absolute atomic E-state index is 15.5. The minimum absolute atomic E-state index is 0.0551. The van der Waals surface area contributed by atoms with Crippen molar-refractivity contribution < 1.29 is 51.0 Å². The van der Waals surface area contributed by atoms with Crippen LogP contribution in [0.3, 0.4) is 0 Å². The number of halogens is 2. The highest BCUT2D eigenvalue weighted by Gasteiger charge is 2.62. The third-order valence-electron chi connectivity index (χ3n) is 5.66. The number of hydrogen-bond donors (Lipinski definition) is 2. The topological polar surface area (TPSA) is 173 Å². The van der Waals surface area contributed by atoms with Crippen molar-refractivity contribution in [3.05, 3.63) is 53.1 Å². The van der Waals surface area contributed by atoms with Crippen LogP contribution in [-0.4, -0.2) is 64.8 Å². The van der Waals surface area contributed by atoms with Crippen molar-refractivity contribution in [2.75, 3.05) is 18.5 Å². The average molecular weight is 586 g/mol. The number of carbonyl (C=O) groups excluding carboxylic acids is 3. The second kappa shape index (κ2) is 11.8. The molecule has 5 atom stereocenters. The largest absolute Gasteiger partial charge is 0.464 e. The third kappa shape index (κ3) is 6.70. The fourth-order valence-corrected chi connectivity index (χ4v) is 5.49. The maximum Gasteiger partial charge on any atom is 0.459 e. The number of nitrogens with one attached hydrogen (secondary N) is 2. The summed E-state index contributed by atoms with van der Waals surface area (Å²) in [7, 11) is -4.44.